The molecule has 0 bridgehead atoms. The topological polar surface area (TPSA) is 98.0 Å². The highest BCUT2D eigenvalue weighted by atomic mass is 32.2. The van der Waals surface area contributed by atoms with Gasteiger partial charge in [0.05, 0.1) is 22.1 Å². The van der Waals surface area contributed by atoms with E-state index in [1.54, 1.807) is 35.2 Å². The first-order chi connectivity index (χ1) is 15.9. The molecule has 4 aromatic rings. The van der Waals surface area contributed by atoms with E-state index in [1.807, 2.05) is 31.2 Å². The van der Waals surface area contributed by atoms with Gasteiger partial charge in [-0.15, -0.1) is 23.1 Å². The zero-order chi connectivity index (χ0) is 23.0. The maximum Gasteiger partial charge on any atom is 0.238 e. The number of thiophene rings is 1. The van der Waals surface area contributed by atoms with Crippen LogP contribution in [-0.4, -0.2) is 18.4 Å². The Hall–Kier alpha value is -2.46. The summed E-state index contributed by atoms with van der Waals surface area (Å²) in [6.07, 6.45) is 3.30. The highest BCUT2D eigenvalue weighted by molar-refractivity contribution is 7.98. The lowest BCUT2D eigenvalue weighted by atomic mass is 10.1. The molecule has 0 amide bonds. The van der Waals surface area contributed by atoms with Crippen LogP contribution in [0, 0.1) is 0 Å². The van der Waals surface area contributed by atoms with Crippen molar-refractivity contribution in [1.82, 2.24) is 9.97 Å². The van der Waals surface area contributed by atoms with Gasteiger partial charge in [-0.25, -0.2) is 23.5 Å². The standard InChI is InChI=1S/C24H24N4O2S3/c1-15(16-7-5-10-18(13-16)33(25,29)30)26-23-22-19-11-6-12-20(19)32-24(22)28-21(27-23)14-31-17-8-3-2-4-9-17/h2-5,7-10,13,15H,6,11-12,14H2,1H3,(H2,25,29,30)(H,26,27,28)/t15-/m1/s1. The summed E-state index contributed by atoms with van der Waals surface area (Å²) in [5, 5.41) is 9.98. The molecule has 0 unspecified atom stereocenters. The van der Waals surface area contributed by atoms with Crippen LogP contribution in [0.3, 0.4) is 0 Å². The number of nitrogens with zero attached hydrogens (tertiary/aromatic N) is 2. The van der Waals surface area contributed by atoms with Gasteiger partial charge in [-0.1, -0.05) is 30.3 Å². The highest BCUT2D eigenvalue weighted by Crippen LogP contribution is 2.40. The molecule has 9 heteroatoms. The first-order valence-electron chi connectivity index (χ1n) is 10.8. The lowest BCUT2D eigenvalue weighted by Gasteiger charge is -2.17. The Balaban J connectivity index is 1.49. The van der Waals surface area contributed by atoms with Crippen molar-refractivity contribution >= 4 is 49.2 Å². The van der Waals surface area contributed by atoms with Crippen molar-refractivity contribution in [2.24, 2.45) is 5.14 Å². The van der Waals surface area contributed by atoms with Crippen molar-refractivity contribution in [2.75, 3.05) is 5.32 Å². The zero-order valence-corrected chi connectivity index (χ0v) is 20.6. The molecule has 33 heavy (non-hydrogen) atoms. The van der Waals surface area contributed by atoms with E-state index in [0.717, 1.165) is 46.7 Å². The average molecular weight is 497 g/mol. The van der Waals surface area contributed by atoms with Crippen molar-refractivity contribution in [3.63, 3.8) is 0 Å². The molecule has 0 saturated heterocycles. The molecule has 2 aromatic heterocycles. The Morgan fingerprint density at radius 3 is 2.73 bits per heavy atom. The van der Waals surface area contributed by atoms with Crippen molar-refractivity contribution in [3.8, 4) is 0 Å². The molecular formula is C24H24N4O2S3. The molecular weight excluding hydrogens is 472 g/mol. The largest absolute Gasteiger partial charge is 0.363 e. The van der Waals surface area contributed by atoms with Crippen molar-refractivity contribution in [1.29, 1.82) is 0 Å². The van der Waals surface area contributed by atoms with Crippen LogP contribution in [0.4, 0.5) is 5.82 Å². The van der Waals surface area contributed by atoms with E-state index < -0.39 is 10.0 Å². The molecule has 0 saturated carbocycles. The van der Waals surface area contributed by atoms with Crippen molar-refractivity contribution in [3.05, 3.63) is 76.4 Å². The third-order valence-corrected chi connectivity index (χ3v) is 8.87. The molecule has 2 heterocycles. The van der Waals surface area contributed by atoms with Gasteiger partial charge in [0.2, 0.25) is 10.0 Å². The van der Waals surface area contributed by atoms with E-state index >= 15 is 0 Å². The van der Waals surface area contributed by atoms with Crippen LogP contribution in [0.15, 0.2) is 64.4 Å². The summed E-state index contributed by atoms with van der Waals surface area (Å²) >= 11 is 3.48. The summed E-state index contributed by atoms with van der Waals surface area (Å²) in [5.41, 5.74) is 2.19. The number of nitrogens with two attached hydrogens (primary N) is 1. The van der Waals surface area contributed by atoms with Crippen molar-refractivity contribution in [2.45, 2.75) is 47.8 Å². The lowest BCUT2D eigenvalue weighted by Crippen LogP contribution is -2.14. The lowest BCUT2D eigenvalue weighted by molar-refractivity contribution is 0.597. The molecule has 0 fully saturated rings. The van der Waals surface area contributed by atoms with Crippen LogP contribution in [0.2, 0.25) is 0 Å². The first kappa shape index (κ1) is 22.3. The summed E-state index contributed by atoms with van der Waals surface area (Å²) in [7, 11) is -3.76. The summed E-state index contributed by atoms with van der Waals surface area (Å²) in [4.78, 5) is 13.5. The second kappa shape index (κ2) is 9.06. The average Bonchev–Trinajstić information content (AvgIpc) is 3.39. The number of fused-ring (bicyclic) bond motifs is 3. The predicted octanol–water partition coefficient (Wildman–Crippen LogP) is 5.29. The SMILES string of the molecule is C[C@@H](Nc1nc(CSc2ccccc2)nc2sc3c(c12)CCC3)c1cccc(S(N)(=O)=O)c1. The van der Waals surface area contributed by atoms with Crippen molar-refractivity contribution < 1.29 is 8.42 Å². The Kier molecular flexibility index (Phi) is 6.13. The number of benzene rings is 2. The second-order valence-electron chi connectivity index (χ2n) is 8.11. The van der Waals surface area contributed by atoms with Crippen LogP contribution in [0.1, 0.15) is 41.2 Å². The van der Waals surface area contributed by atoms with Crippen LogP contribution in [0.25, 0.3) is 10.2 Å². The third-order valence-electron chi connectivity index (χ3n) is 5.76. The fourth-order valence-electron chi connectivity index (χ4n) is 4.12. The maximum atomic E-state index is 11.8. The molecule has 2 aromatic carbocycles. The van der Waals surface area contributed by atoms with Gasteiger partial charge in [-0.05, 0) is 61.6 Å². The van der Waals surface area contributed by atoms with E-state index in [1.165, 1.54) is 21.4 Å². The smallest absolute Gasteiger partial charge is 0.238 e. The molecule has 5 rings (SSSR count). The number of hydrogen-bond acceptors (Lipinski definition) is 7. The number of hydrogen-bond donors (Lipinski definition) is 2. The van der Waals surface area contributed by atoms with Gasteiger partial charge in [0.1, 0.15) is 16.5 Å². The van der Waals surface area contributed by atoms with Gasteiger partial charge in [0, 0.05) is 9.77 Å². The van der Waals surface area contributed by atoms with Gasteiger partial charge in [-0.2, -0.15) is 0 Å². The summed E-state index contributed by atoms with van der Waals surface area (Å²) in [6, 6.07) is 16.8. The Morgan fingerprint density at radius 2 is 1.94 bits per heavy atom. The first-order valence-corrected chi connectivity index (χ1v) is 14.1. The van der Waals surface area contributed by atoms with Gasteiger partial charge < -0.3 is 5.32 Å². The second-order valence-corrected chi connectivity index (χ2v) is 11.8. The molecule has 0 aliphatic heterocycles. The van der Waals surface area contributed by atoms with E-state index in [4.69, 9.17) is 15.1 Å². The number of primary sulfonamides is 1. The molecule has 0 radical (unpaired) electrons. The van der Waals surface area contributed by atoms with Gasteiger partial charge in [0.15, 0.2) is 0 Å². The monoisotopic (exact) mass is 496 g/mol. The van der Waals surface area contributed by atoms with E-state index in [-0.39, 0.29) is 10.9 Å². The number of thioether (sulfide) groups is 1. The van der Waals surface area contributed by atoms with Gasteiger partial charge >= 0.3 is 0 Å². The van der Waals surface area contributed by atoms with Crippen LogP contribution in [-0.2, 0) is 28.6 Å². The number of rotatable bonds is 7. The number of aryl methyl sites for hydroxylation is 2. The fourth-order valence-corrected chi connectivity index (χ4v) is 6.75. The maximum absolute atomic E-state index is 11.8. The van der Waals surface area contributed by atoms with Gasteiger partial charge in [0.25, 0.3) is 0 Å². The molecule has 1 atom stereocenters. The summed E-state index contributed by atoms with van der Waals surface area (Å²) in [5.74, 6) is 2.27. The number of nitrogens with one attached hydrogen (secondary N) is 1. The molecule has 0 spiro atoms. The molecule has 1 aliphatic rings. The summed E-state index contributed by atoms with van der Waals surface area (Å²) < 4.78 is 23.6. The van der Waals surface area contributed by atoms with E-state index in [9.17, 15) is 8.42 Å². The third kappa shape index (κ3) is 4.77. The summed E-state index contributed by atoms with van der Waals surface area (Å²) in [6.45, 7) is 2.00. The molecule has 3 N–H and O–H groups in total. The number of aromatic nitrogens is 2. The number of sulfonamides is 1. The quantitative estimate of drug-likeness (QED) is 0.337. The minimum Gasteiger partial charge on any atom is -0.363 e. The molecule has 6 nitrogen and oxygen atoms in total. The molecule has 1 aliphatic carbocycles. The molecule has 170 valence electrons. The van der Waals surface area contributed by atoms with Crippen LogP contribution < -0.4 is 10.5 Å². The normalized spacial score (nSPS) is 14.4. The fraction of sp³-hybridized carbons (Fsp3) is 0.250. The minimum atomic E-state index is -3.76. The number of anilines is 1. The van der Waals surface area contributed by atoms with Gasteiger partial charge in [-0.3, -0.25) is 0 Å². The Bertz CT molecular complexity index is 1420. The Labute approximate surface area is 201 Å². The van der Waals surface area contributed by atoms with Crippen LogP contribution in [0.5, 0.6) is 0 Å². The highest BCUT2D eigenvalue weighted by Gasteiger charge is 2.23. The van der Waals surface area contributed by atoms with E-state index in [2.05, 4.69) is 17.4 Å². The zero-order valence-electron chi connectivity index (χ0n) is 18.1. The predicted molar refractivity (Wildman–Crippen MR) is 135 cm³/mol. The minimum absolute atomic E-state index is 0.109. The Morgan fingerprint density at radius 1 is 1.12 bits per heavy atom. The van der Waals surface area contributed by atoms with E-state index in [0.29, 0.717) is 5.75 Å². The van der Waals surface area contributed by atoms with Crippen LogP contribution >= 0.6 is 23.1 Å².